The molecular formula is C10H9Cl2N. The van der Waals surface area contributed by atoms with Crippen molar-refractivity contribution >= 4 is 28.9 Å². The summed E-state index contributed by atoms with van der Waals surface area (Å²) in [5.74, 6) is 2.55. The van der Waals surface area contributed by atoms with E-state index in [2.05, 4.69) is 11.2 Å². The maximum Gasteiger partial charge on any atom is 0.0846 e. The standard InChI is InChI=1S/C10H9Cl2N/c1-3-7(2)13-9-6-4-5-8(11)10(9)12/h1,4-7,13H,2H3. The quantitative estimate of drug-likeness (QED) is 0.743. The number of benzene rings is 1. The summed E-state index contributed by atoms with van der Waals surface area (Å²) in [5.41, 5.74) is 0.764. The van der Waals surface area contributed by atoms with Crippen molar-refractivity contribution in [2.24, 2.45) is 0 Å². The van der Waals surface area contributed by atoms with Gasteiger partial charge in [0, 0.05) is 0 Å². The first-order chi connectivity index (χ1) is 6.15. The molecule has 1 N–H and O–H groups in total. The normalized spacial score (nSPS) is 11.8. The first-order valence-electron chi connectivity index (χ1n) is 3.82. The summed E-state index contributed by atoms with van der Waals surface area (Å²) >= 11 is 11.7. The van der Waals surface area contributed by atoms with E-state index in [1.165, 1.54) is 0 Å². The third-order valence-electron chi connectivity index (χ3n) is 1.57. The third kappa shape index (κ3) is 2.55. The van der Waals surface area contributed by atoms with Crippen LogP contribution in [0.4, 0.5) is 5.69 Å². The summed E-state index contributed by atoms with van der Waals surface area (Å²) in [6, 6.07) is 5.33. The Labute approximate surface area is 88.0 Å². The Hall–Kier alpha value is -0.840. The molecular weight excluding hydrogens is 205 g/mol. The van der Waals surface area contributed by atoms with E-state index in [9.17, 15) is 0 Å². The Morgan fingerprint density at radius 2 is 2.15 bits per heavy atom. The van der Waals surface area contributed by atoms with Gasteiger partial charge in [0.15, 0.2) is 0 Å². The molecule has 0 saturated heterocycles. The van der Waals surface area contributed by atoms with Crippen LogP contribution in [0.2, 0.25) is 10.0 Å². The number of hydrogen-bond acceptors (Lipinski definition) is 1. The molecule has 0 saturated carbocycles. The summed E-state index contributed by atoms with van der Waals surface area (Å²) in [5, 5.41) is 4.08. The van der Waals surface area contributed by atoms with E-state index in [4.69, 9.17) is 29.6 Å². The lowest BCUT2D eigenvalue weighted by molar-refractivity contribution is 1.04. The van der Waals surface area contributed by atoms with Crippen LogP contribution in [-0.2, 0) is 0 Å². The van der Waals surface area contributed by atoms with Gasteiger partial charge in [0.25, 0.3) is 0 Å². The van der Waals surface area contributed by atoms with Gasteiger partial charge in [-0.2, -0.15) is 0 Å². The van der Waals surface area contributed by atoms with Gasteiger partial charge in [-0.15, -0.1) is 6.42 Å². The first-order valence-corrected chi connectivity index (χ1v) is 4.57. The van der Waals surface area contributed by atoms with Crippen LogP contribution in [-0.4, -0.2) is 6.04 Å². The third-order valence-corrected chi connectivity index (χ3v) is 2.39. The van der Waals surface area contributed by atoms with Gasteiger partial charge in [0.05, 0.1) is 21.8 Å². The van der Waals surface area contributed by atoms with Gasteiger partial charge >= 0.3 is 0 Å². The van der Waals surface area contributed by atoms with Crippen molar-refractivity contribution in [2.75, 3.05) is 5.32 Å². The van der Waals surface area contributed by atoms with E-state index in [0.29, 0.717) is 10.0 Å². The lowest BCUT2D eigenvalue weighted by Gasteiger charge is -2.11. The monoisotopic (exact) mass is 213 g/mol. The molecule has 0 spiro atoms. The van der Waals surface area contributed by atoms with E-state index >= 15 is 0 Å². The number of nitrogens with one attached hydrogen (secondary N) is 1. The molecule has 0 heterocycles. The molecule has 13 heavy (non-hydrogen) atoms. The summed E-state index contributed by atoms with van der Waals surface area (Å²) in [6.45, 7) is 1.87. The Morgan fingerprint density at radius 1 is 1.46 bits per heavy atom. The van der Waals surface area contributed by atoms with Gasteiger partial charge in [-0.3, -0.25) is 0 Å². The molecule has 0 radical (unpaired) electrons. The van der Waals surface area contributed by atoms with Gasteiger partial charge in [-0.1, -0.05) is 35.2 Å². The zero-order valence-corrected chi connectivity index (χ0v) is 8.65. The van der Waals surface area contributed by atoms with Gasteiger partial charge in [0.1, 0.15) is 0 Å². The molecule has 0 fully saturated rings. The van der Waals surface area contributed by atoms with Crippen LogP contribution in [0.1, 0.15) is 6.92 Å². The van der Waals surface area contributed by atoms with Crippen LogP contribution in [0, 0.1) is 12.3 Å². The lowest BCUT2D eigenvalue weighted by Crippen LogP contribution is -2.12. The molecule has 1 aromatic carbocycles. The fourth-order valence-corrected chi connectivity index (χ4v) is 1.25. The van der Waals surface area contributed by atoms with Crippen molar-refractivity contribution in [2.45, 2.75) is 13.0 Å². The Kier molecular flexibility index (Phi) is 3.48. The maximum absolute atomic E-state index is 5.93. The largest absolute Gasteiger partial charge is 0.371 e. The van der Waals surface area contributed by atoms with Crippen LogP contribution in [0.15, 0.2) is 18.2 Å². The lowest BCUT2D eigenvalue weighted by atomic mass is 10.3. The molecule has 1 unspecified atom stereocenters. The zero-order chi connectivity index (χ0) is 9.84. The van der Waals surface area contributed by atoms with Crippen LogP contribution >= 0.6 is 23.2 Å². The highest BCUT2D eigenvalue weighted by atomic mass is 35.5. The van der Waals surface area contributed by atoms with E-state index in [0.717, 1.165) is 5.69 Å². The van der Waals surface area contributed by atoms with Crippen LogP contribution in [0.3, 0.4) is 0 Å². The molecule has 0 aromatic heterocycles. The van der Waals surface area contributed by atoms with Crippen molar-refractivity contribution in [1.29, 1.82) is 0 Å². The molecule has 0 aliphatic carbocycles. The van der Waals surface area contributed by atoms with Crippen molar-refractivity contribution in [1.82, 2.24) is 0 Å². The van der Waals surface area contributed by atoms with Gasteiger partial charge in [-0.05, 0) is 19.1 Å². The molecule has 68 valence electrons. The number of halogens is 2. The SMILES string of the molecule is C#CC(C)Nc1cccc(Cl)c1Cl. The summed E-state index contributed by atoms with van der Waals surface area (Å²) in [6.07, 6.45) is 5.22. The van der Waals surface area contributed by atoms with E-state index in [-0.39, 0.29) is 6.04 Å². The van der Waals surface area contributed by atoms with Crippen LogP contribution in [0.5, 0.6) is 0 Å². The predicted octanol–water partition coefficient (Wildman–Crippen LogP) is 3.43. The second-order valence-electron chi connectivity index (χ2n) is 2.63. The summed E-state index contributed by atoms with van der Waals surface area (Å²) in [4.78, 5) is 0. The number of rotatable bonds is 2. The molecule has 1 aromatic rings. The minimum Gasteiger partial charge on any atom is -0.371 e. The first kappa shape index (κ1) is 10.2. The fourth-order valence-electron chi connectivity index (χ4n) is 0.890. The minimum atomic E-state index is -0.0593. The Balaban J connectivity index is 2.90. The highest BCUT2D eigenvalue weighted by molar-refractivity contribution is 6.43. The van der Waals surface area contributed by atoms with E-state index in [1.54, 1.807) is 6.07 Å². The number of hydrogen-bond donors (Lipinski definition) is 1. The Morgan fingerprint density at radius 3 is 2.77 bits per heavy atom. The topological polar surface area (TPSA) is 12.0 Å². The van der Waals surface area contributed by atoms with Crippen LogP contribution < -0.4 is 5.32 Å². The molecule has 0 aliphatic heterocycles. The minimum absolute atomic E-state index is 0.0593. The smallest absolute Gasteiger partial charge is 0.0846 e. The van der Waals surface area contributed by atoms with Crippen molar-refractivity contribution in [3.05, 3.63) is 28.2 Å². The molecule has 1 rings (SSSR count). The van der Waals surface area contributed by atoms with Crippen LogP contribution in [0.25, 0.3) is 0 Å². The van der Waals surface area contributed by atoms with Crippen molar-refractivity contribution in [3.8, 4) is 12.3 Å². The van der Waals surface area contributed by atoms with Gasteiger partial charge < -0.3 is 5.32 Å². The van der Waals surface area contributed by atoms with Gasteiger partial charge in [0.2, 0.25) is 0 Å². The molecule has 3 heteroatoms. The molecule has 0 amide bonds. The maximum atomic E-state index is 5.93. The van der Waals surface area contributed by atoms with Crippen molar-refractivity contribution < 1.29 is 0 Å². The average molecular weight is 214 g/mol. The van der Waals surface area contributed by atoms with E-state index in [1.807, 2.05) is 19.1 Å². The fraction of sp³-hybridized carbons (Fsp3) is 0.200. The Bertz CT molecular complexity index is 341. The molecule has 0 bridgehead atoms. The molecule has 0 aliphatic rings. The molecule has 1 nitrogen and oxygen atoms in total. The average Bonchev–Trinajstić information content (AvgIpc) is 2.13. The number of anilines is 1. The van der Waals surface area contributed by atoms with Crippen molar-refractivity contribution in [3.63, 3.8) is 0 Å². The predicted molar refractivity (Wildman–Crippen MR) is 58.4 cm³/mol. The molecule has 1 atom stereocenters. The van der Waals surface area contributed by atoms with E-state index < -0.39 is 0 Å². The highest BCUT2D eigenvalue weighted by Crippen LogP contribution is 2.29. The zero-order valence-electron chi connectivity index (χ0n) is 7.14. The van der Waals surface area contributed by atoms with Gasteiger partial charge in [-0.25, -0.2) is 0 Å². The summed E-state index contributed by atoms with van der Waals surface area (Å²) < 4.78 is 0. The highest BCUT2D eigenvalue weighted by Gasteiger charge is 2.04. The second kappa shape index (κ2) is 4.41. The summed E-state index contributed by atoms with van der Waals surface area (Å²) in [7, 11) is 0. The second-order valence-corrected chi connectivity index (χ2v) is 3.42. The number of terminal acetylenes is 1.